The van der Waals surface area contributed by atoms with E-state index in [9.17, 15) is 9.59 Å². The molecule has 0 saturated heterocycles. The molecule has 26 heavy (non-hydrogen) atoms. The molecule has 2 aromatic rings. The number of hydrogen-bond donors (Lipinski definition) is 2. The van der Waals surface area contributed by atoms with Crippen molar-refractivity contribution < 1.29 is 14.3 Å². The summed E-state index contributed by atoms with van der Waals surface area (Å²) in [6, 6.07) is 15.4. The highest BCUT2D eigenvalue weighted by atomic mass is 16.5. The lowest BCUT2D eigenvalue weighted by Gasteiger charge is -2.35. The summed E-state index contributed by atoms with van der Waals surface area (Å²) >= 11 is 0. The first-order valence-corrected chi connectivity index (χ1v) is 8.62. The number of nitrogens with zero attached hydrogens (tertiary/aromatic N) is 1. The van der Waals surface area contributed by atoms with Crippen LogP contribution >= 0.6 is 0 Å². The third kappa shape index (κ3) is 3.96. The Labute approximate surface area is 153 Å². The standard InChI is InChI=1S/C20H23N3O3/c1-14-7-3-4-8-15(14)11-22-19(24)13-23-12-18(20(25)21-2)26-17-10-6-5-9-16(17)23/h3-10,18H,11-13H2,1-2H3,(H,21,25)(H,22,24). The zero-order valence-electron chi connectivity index (χ0n) is 15.0. The molecule has 0 radical (unpaired) electrons. The molecule has 1 atom stereocenters. The summed E-state index contributed by atoms with van der Waals surface area (Å²) in [6.07, 6.45) is -0.640. The van der Waals surface area contributed by atoms with Gasteiger partial charge in [0.15, 0.2) is 6.10 Å². The number of carbonyl (C=O) groups excluding carboxylic acids is 2. The maximum atomic E-state index is 12.5. The van der Waals surface area contributed by atoms with Gasteiger partial charge in [-0.05, 0) is 30.2 Å². The van der Waals surface area contributed by atoms with Crippen LogP contribution in [0, 0.1) is 6.92 Å². The number of anilines is 1. The lowest BCUT2D eigenvalue weighted by molar-refractivity contribution is -0.127. The lowest BCUT2D eigenvalue weighted by Crippen LogP contribution is -2.50. The van der Waals surface area contributed by atoms with Crippen LogP contribution in [0.3, 0.4) is 0 Å². The van der Waals surface area contributed by atoms with Crippen molar-refractivity contribution in [3.63, 3.8) is 0 Å². The van der Waals surface area contributed by atoms with Gasteiger partial charge in [-0.15, -0.1) is 0 Å². The number of rotatable bonds is 5. The minimum Gasteiger partial charge on any atom is -0.477 e. The number of nitrogens with one attached hydrogen (secondary N) is 2. The minimum atomic E-state index is -0.640. The molecule has 2 amide bonds. The van der Waals surface area contributed by atoms with Gasteiger partial charge < -0.3 is 20.3 Å². The molecule has 1 aliphatic rings. The van der Waals surface area contributed by atoms with E-state index in [1.807, 2.05) is 60.4 Å². The van der Waals surface area contributed by atoms with Gasteiger partial charge in [0.05, 0.1) is 18.8 Å². The molecular weight excluding hydrogens is 330 g/mol. The topological polar surface area (TPSA) is 70.7 Å². The Morgan fingerprint density at radius 3 is 2.65 bits per heavy atom. The van der Waals surface area contributed by atoms with Crippen molar-refractivity contribution in [3.05, 3.63) is 59.7 Å². The summed E-state index contributed by atoms with van der Waals surface area (Å²) in [7, 11) is 1.57. The lowest BCUT2D eigenvalue weighted by atomic mass is 10.1. The van der Waals surface area contributed by atoms with E-state index in [0.29, 0.717) is 18.8 Å². The normalized spacial score (nSPS) is 15.6. The van der Waals surface area contributed by atoms with Crippen LogP contribution in [0.4, 0.5) is 5.69 Å². The molecule has 136 valence electrons. The largest absolute Gasteiger partial charge is 0.477 e. The SMILES string of the molecule is CNC(=O)C1CN(CC(=O)NCc2ccccc2C)c2ccccc2O1. The second-order valence-electron chi connectivity index (χ2n) is 6.27. The van der Waals surface area contributed by atoms with Crippen molar-refractivity contribution in [2.75, 3.05) is 25.0 Å². The van der Waals surface area contributed by atoms with Gasteiger partial charge in [0, 0.05) is 13.6 Å². The molecule has 6 nitrogen and oxygen atoms in total. The van der Waals surface area contributed by atoms with Crippen LogP contribution in [-0.4, -0.2) is 38.1 Å². The molecule has 0 aliphatic carbocycles. The Kier molecular flexibility index (Phi) is 5.41. The Hall–Kier alpha value is -3.02. The van der Waals surface area contributed by atoms with E-state index < -0.39 is 6.10 Å². The molecule has 1 aliphatic heterocycles. The van der Waals surface area contributed by atoms with Gasteiger partial charge >= 0.3 is 0 Å². The fourth-order valence-electron chi connectivity index (χ4n) is 2.99. The van der Waals surface area contributed by atoms with Crippen molar-refractivity contribution in [1.29, 1.82) is 0 Å². The van der Waals surface area contributed by atoms with Gasteiger partial charge in [-0.25, -0.2) is 0 Å². The van der Waals surface area contributed by atoms with Crippen LogP contribution in [0.25, 0.3) is 0 Å². The smallest absolute Gasteiger partial charge is 0.262 e. The molecule has 0 saturated carbocycles. The van der Waals surface area contributed by atoms with Gasteiger partial charge in [-0.3, -0.25) is 9.59 Å². The molecule has 2 aromatic carbocycles. The summed E-state index contributed by atoms with van der Waals surface area (Å²) in [5.41, 5.74) is 3.05. The van der Waals surface area contributed by atoms with Crippen molar-refractivity contribution in [2.24, 2.45) is 0 Å². The predicted molar refractivity (Wildman–Crippen MR) is 100 cm³/mol. The van der Waals surface area contributed by atoms with Crippen LogP contribution in [0.5, 0.6) is 5.75 Å². The first-order chi connectivity index (χ1) is 12.6. The maximum absolute atomic E-state index is 12.5. The Morgan fingerprint density at radius 1 is 1.15 bits per heavy atom. The molecule has 0 fully saturated rings. The van der Waals surface area contributed by atoms with Gasteiger partial charge in [0.1, 0.15) is 5.75 Å². The number of hydrogen-bond acceptors (Lipinski definition) is 4. The summed E-state index contributed by atoms with van der Waals surface area (Å²) in [6.45, 7) is 3.00. The third-order valence-corrected chi connectivity index (χ3v) is 4.47. The molecule has 1 unspecified atom stereocenters. The van der Waals surface area contributed by atoms with E-state index in [1.165, 1.54) is 0 Å². The van der Waals surface area contributed by atoms with Crippen molar-refractivity contribution in [2.45, 2.75) is 19.6 Å². The quantitative estimate of drug-likeness (QED) is 0.857. The van der Waals surface area contributed by atoms with Gasteiger partial charge in [0.25, 0.3) is 5.91 Å². The van der Waals surface area contributed by atoms with E-state index in [2.05, 4.69) is 10.6 Å². The van der Waals surface area contributed by atoms with Crippen LogP contribution in [0.2, 0.25) is 0 Å². The number of aryl methyl sites for hydroxylation is 1. The summed E-state index contributed by atoms with van der Waals surface area (Å²) < 4.78 is 5.76. The van der Waals surface area contributed by atoms with Crippen LogP contribution in [-0.2, 0) is 16.1 Å². The molecular formula is C20H23N3O3. The van der Waals surface area contributed by atoms with Crippen molar-refractivity contribution in [1.82, 2.24) is 10.6 Å². The third-order valence-electron chi connectivity index (χ3n) is 4.47. The Bertz CT molecular complexity index is 806. The monoisotopic (exact) mass is 353 g/mol. The van der Waals surface area contributed by atoms with E-state index in [0.717, 1.165) is 16.8 Å². The average molecular weight is 353 g/mol. The number of ether oxygens (including phenoxy) is 1. The first-order valence-electron chi connectivity index (χ1n) is 8.62. The Balaban J connectivity index is 1.68. The number of amides is 2. The highest BCUT2D eigenvalue weighted by Gasteiger charge is 2.30. The van der Waals surface area contributed by atoms with E-state index in [-0.39, 0.29) is 18.4 Å². The molecule has 3 rings (SSSR count). The summed E-state index contributed by atoms with van der Waals surface area (Å²) in [5, 5.41) is 5.56. The maximum Gasteiger partial charge on any atom is 0.262 e. The summed E-state index contributed by atoms with van der Waals surface area (Å²) in [5.74, 6) is 0.310. The summed E-state index contributed by atoms with van der Waals surface area (Å²) in [4.78, 5) is 26.3. The molecule has 6 heteroatoms. The zero-order valence-corrected chi connectivity index (χ0v) is 15.0. The highest BCUT2D eigenvalue weighted by Crippen LogP contribution is 2.32. The number of benzene rings is 2. The van der Waals surface area contributed by atoms with Gasteiger partial charge in [-0.2, -0.15) is 0 Å². The second-order valence-corrected chi connectivity index (χ2v) is 6.27. The average Bonchev–Trinajstić information content (AvgIpc) is 2.66. The zero-order chi connectivity index (χ0) is 18.5. The van der Waals surface area contributed by atoms with Gasteiger partial charge in [0.2, 0.25) is 5.91 Å². The Morgan fingerprint density at radius 2 is 1.88 bits per heavy atom. The van der Waals surface area contributed by atoms with E-state index >= 15 is 0 Å². The van der Waals surface area contributed by atoms with Gasteiger partial charge in [-0.1, -0.05) is 36.4 Å². The fourth-order valence-corrected chi connectivity index (χ4v) is 2.99. The minimum absolute atomic E-state index is 0.0967. The number of para-hydroxylation sites is 2. The van der Waals surface area contributed by atoms with Crippen molar-refractivity contribution >= 4 is 17.5 Å². The molecule has 2 N–H and O–H groups in total. The molecule has 1 heterocycles. The van der Waals surface area contributed by atoms with E-state index in [4.69, 9.17) is 4.74 Å². The van der Waals surface area contributed by atoms with Crippen LogP contribution < -0.4 is 20.3 Å². The number of carbonyl (C=O) groups is 2. The van der Waals surface area contributed by atoms with Crippen LogP contribution in [0.15, 0.2) is 48.5 Å². The number of likely N-dealkylation sites (N-methyl/N-ethyl adjacent to an activating group) is 1. The van der Waals surface area contributed by atoms with Crippen LogP contribution in [0.1, 0.15) is 11.1 Å². The molecule has 0 aromatic heterocycles. The fraction of sp³-hybridized carbons (Fsp3) is 0.300. The van der Waals surface area contributed by atoms with E-state index in [1.54, 1.807) is 7.05 Å². The predicted octanol–water partition coefficient (Wildman–Crippen LogP) is 1.62. The molecule has 0 bridgehead atoms. The highest BCUT2D eigenvalue weighted by molar-refractivity contribution is 5.86. The first kappa shape index (κ1) is 17.8. The second kappa shape index (κ2) is 7.91. The molecule has 0 spiro atoms. The van der Waals surface area contributed by atoms with Crippen molar-refractivity contribution in [3.8, 4) is 5.75 Å². The number of fused-ring (bicyclic) bond motifs is 1.